The SMILES string of the molecule is OC1COC2OC(c3ccccc3)OC2C1O. The van der Waals surface area contributed by atoms with Gasteiger partial charge in [-0.25, -0.2) is 0 Å². The van der Waals surface area contributed by atoms with Crippen molar-refractivity contribution in [2.24, 2.45) is 0 Å². The third-order valence-electron chi connectivity index (χ3n) is 3.04. The van der Waals surface area contributed by atoms with Crippen LogP contribution in [-0.2, 0) is 14.2 Å². The molecule has 1 aromatic rings. The van der Waals surface area contributed by atoms with Gasteiger partial charge in [-0.1, -0.05) is 30.3 Å². The van der Waals surface area contributed by atoms with E-state index in [1.807, 2.05) is 30.3 Å². The molecule has 0 amide bonds. The lowest BCUT2D eigenvalue weighted by molar-refractivity contribution is -0.211. The molecular weight excluding hydrogens is 224 g/mol. The van der Waals surface area contributed by atoms with E-state index in [0.29, 0.717) is 0 Å². The van der Waals surface area contributed by atoms with E-state index < -0.39 is 30.9 Å². The van der Waals surface area contributed by atoms with E-state index in [1.165, 1.54) is 0 Å². The van der Waals surface area contributed by atoms with Crippen LogP contribution in [0.1, 0.15) is 11.9 Å². The maximum atomic E-state index is 9.78. The molecule has 2 aliphatic heterocycles. The van der Waals surface area contributed by atoms with Crippen molar-refractivity contribution in [1.29, 1.82) is 0 Å². The number of hydrogen-bond donors (Lipinski definition) is 2. The Kier molecular flexibility index (Phi) is 2.85. The maximum Gasteiger partial charge on any atom is 0.190 e. The van der Waals surface area contributed by atoms with Crippen LogP contribution in [0.3, 0.4) is 0 Å². The summed E-state index contributed by atoms with van der Waals surface area (Å²) in [6.07, 6.45) is -3.69. The van der Waals surface area contributed by atoms with Crippen LogP contribution in [0, 0.1) is 0 Å². The number of benzene rings is 1. The Morgan fingerprint density at radius 3 is 2.59 bits per heavy atom. The van der Waals surface area contributed by atoms with Crippen molar-refractivity contribution in [2.75, 3.05) is 6.61 Å². The molecule has 2 N–H and O–H groups in total. The van der Waals surface area contributed by atoms with Crippen molar-refractivity contribution in [3.63, 3.8) is 0 Å². The number of ether oxygens (including phenoxy) is 3. The first-order valence-corrected chi connectivity index (χ1v) is 5.59. The quantitative estimate of drug-likeness (QED) is 0.730. The molecule has 5 atom stereocenters. The number of aliphatic hydroxyl groups excluding tert-OH is 2. The molecule has 2 saturated heterocycles. The fourth-order valence-corrected chi connectivity index (χ4v) is 2.09. The van der Waals surface area contributed by atoms with Crippen LogP contribution in [0.2, 0.25) is 0 Å². The van der Waals surface area contributed by atoms with Crippen LogP contribution in [0.4, 0.5) is 0 Å². The summed E-state index contributed by atoms with van der Waals surface area (Å²) < 4.78 is 16.4. The van der Waals surface area contributed by atoms with Crippen molar-refractivity contribution in [2.45, 2.75) is 30.9 Å². The van der Waals surface area contributed by atoms with Crippen LogP contribution in [-0.4, -0.2) is 41.4 Å². The van der Waals surface area contributed by atoms with Gasteiger partial charge in [0, 0.05) is 5.56 Å². The van der Waals surface area contributed by atoms with Gasteiger partial charge in [0.15, 0.2) is 12.6 Å². The van der Waals surface area contributed by atoms with Gasteiger partial charge < -0.3 is 24.4 Å². The van der Waals surface area contributed by atoms with Crippen molar-refractivity contribution in [3.05, 3.63) is 35.9 Å². The Hall–Kier alpha value is -0.980. The zero-order chi connectivity index (χ0) is 11.8. The van der Waals surface area contributed by atoms with Crippen LogP contribution < -0.4 is 0 Å². The molecule has 2 fully saturated rings. The fourth-order valence-electron chi connectivity index (χ4n) is 2.09. The number of fused-ring (bicyclic) bond motifs is 1. The lowest BCUT2D eigenvalue weighted by atomic mass is 10.1. The number of rotatable bonds is 1. The average Bonchev–Trinajstić information content (AvgIpc) is 2.80. The highest BCUT2D eigenvalue weighted by atomic mass is 16.8. The summed E-state index contributed by atoms with van der Waals surface area (Å²) >= 11 is 0. The van der Waals surface area contributed by atoms with Crippen LogP contribution in [0.15, 0.2) is 30.3 Å². The van der Waals surface area contributed by atoms with Gasteiger partial charge in [0.1, 0.15) is 18.3 Å². The van der Waals surface area contributed by atoms with Gasteiger partial charge in [0.2, 0.25) is 0 Å². The van der Waals surface area contributed by atoms with Gasteiger partial charge in [-0.2, -0.15) is 0 Å². The summed E-state index contributed by atoms with van der Waals surface area (Å²) in [6.45, 7) is 0.0627. The molecule has 5 nitrogen and oxygen atoms in total. The summed E-state index contributed by atoms with van der Waals surface area (Å²) in [4.78, 5) is 0. The highest BCUT2D eigenvalue weighted by Gasteiger charge is 2.47. The maximum absolute atomic E-state index is 9.78. The minimum atomic E-state index is -0.970. The molecule has 0 bridgehead atoms. The Morgan fingerprint density at radius 2 is 1.82 bits per heavy atom. The molecule has 5 heteroatoms. The highest BCUT2D eigenvalue weighted by Crippen LogP contribution is 2.35. The summed E-state index contributed by atoms with van der Waals surface area (Å²) in [6, 6.07) is 9.43. The van der Waals surface area contributed by atoms with Crippen molar-refractivity contribution in [1.82, 2.24) is 0 Å². The largest absolute Gasteiger partial charge is 0.388 e. The van der Waals surface area contributed by atoms with Crippen molar-refractivity contribution in [3.8, 4) is 0 Å². The second-order valence-corrected chi connectivity index (χ2v) is 4.24. The molecule has 5 unspecified atom stereocenters. The van der Waals surface area contributed by atoms with E-state index >= 15 is 0 Å². The monoisotopic (exact) mass is 238 g/mol. The lowest BCUT2D eigenvalue weighted by Gasteiger charge is -2.31. The van der Waals surface area contributed by atoms with E-state index in [0.717, 1.165) is 5.56 Å². The van der Waals surface area contributed by atoms with Gasteiger partial charge in [0.05, 0.1) is 6.61 Å². The molecule has 0 aromatic heterocycles. The molecular formula is C12H14O5. The predicted octanol–water partition coefficient (Wildman–Crippen LogP) is 0.179. The first kappa shape index (κ1) is 11.1. The van der Waals surface area contributed by atoms with Gasteiger partial charge in [-0.15, -0.1) is 0 Å². The van der Waals surface area contributed by atoms with Gasteiger partial charge in [-0.3, -0.25) is 0 Å². The van der Waals surface area contributed by atoms with E-state index in [4.69, 9.17) is 14.2 Å². The van der Waals surface area contributed by atoms with Crippen LogP contribution in [0.25, 0.3) is 0 Å². The zero-order valence-electron chi connectivity index (χ0n) is 9.10. The molecule has 0 spiro atoms. The van der Waals surface area contributed by atoms with Gasteiger partial charge in [-0.05, 0) is 0 Å². The van der Waals surface area contributed by atoms with Crippen molar-refractivity contribution < 1.29 is 24.4 Å². The third kappa shape index (κ3) is 1.96. The van der Waals surface area contributed by atoms with Gasteiger partial charge >= 0.3 is 0 Å². The average molecular weight is 238 g/mol. The summed E-state index contributed by atoms with van der Waals surface area (Å²) in [5.74, 6) is 0. The smallest absolute Gasteiger partial charge is 0.190 e. The van der Waals surface area contributed by atoms with E-state index in [9.17, 15) is 10.2 Å². The number of hydrogen-bond acceptors (Lipinski definition) is 5. The fraction of sp³-hybridized carbons (Fsp3) is 0.500. The minimum absolute atomic E-state index is 0.0627. The Bertz CT molecular complexity index is 382. The topological polar surface area (TPSA) is 68.2 Å². The third-order valence-corrected chi connectivity index (χ3v) is 3.04. The highest BCUT2D eigenvalue weighted by molar-refractivity contribution is 5.16. The molecule has 1 aromatic carbocycles. The second-order valence-electron chi connectivity index (χ2n) is 4.24. The molecule has 0 saturated carbocycles. The van der Waals surface area contributed by atoms with E-state index in [1.54, 1.807) is 0 Å². The summed E-state index contributed by atoms with van der Waals surface area (Å²) in [5, 5.41) is 19.2. The molecule has 17 heavy (non-hydrogen) atoms. The Balaban J connectivity index is 1.77. The normalized spacial score (nSPS) is 41.2. The minimum Gasteiger partial charge on any atom is -0.388 e. The first-order chi connectivity index (χ1) is 8.25. The Labute approximate surface area is 98.5 Å². The molecule has 0 radical (unpaired) electrons. The van der Waals surface area contributed by atoms with E-state index in [-0.39, 0.29) is 6.61 Å². The molecule has 2 aliphatic rings. The van der Waals surface area contributed by atoms with E-state index in [2.05, 4.69) is 0 Å². The summed E-state index contributed by atoms with van der Waals surface area (Å²) in [7, 11) is 0. The zero-order valence-corrected chi connectivity index (χ0v) is 9.10. The molecule has 2 heterocycles. The molecule has 0 aliphatic carbocycles. The number of aliphatic hydroxyl groups is 2. The lowest BCUT2D eigenvalue weighted by Crippen LogP contribution is -2.51. The molecule has 92 valence electrons. The van der Waals surface area contributed by atoms with Crippen molar-refractivity contribution >= 4 is 0 Å². The standard InChI is InChI=1S/C12H14O5/c13-8-6-15-12-10(9(8)14)16-11(17-12)7-4-2-1-3-5-7/h1-5,8-14H,6H2. The first-order valence-electron chi connectivity index (χ1n) is 5.59. The van der Waals surface area contributed by atoms with Gasteiger partial charge in [0.25, 0.3) is 0 Å². The Morgan fingerprint density at radius 1 is 1.06 bits per heavy atom. The summed E-state index contributed by atoms with van der Waals surface area (Å²) in [5.41, 5.74) is 0.868. The van der Waals surface area contributed by atoms with Crippen LogP contribution in [0.5, 0.6) is 0 Å². The molecule has 3 rings (SSSR count). The predicted molar refractivity (Wildman–Crippen MR) is 56.9 cm³/mol. The second kappa shape index (κ2) is 4.36. The van der Waals surface area contributed by atoms with Crippen LogP contribution >= 0.6 is 0 Å².